The lowest BCUT2D eigenvalue weighted by atomic mass is 9.85. The fraction of sp³-hybridized carbons (Fsp3) is 0.745. The van der Waals surface area contributed by atoms with Crippen LogP contribution in [0.3, 0.4) is 0 Å². The van der Waals surface area contributed by atoms with E-state index >= 15 is 0 Å². The molecule has 1 saturated carbocycles. The molecule has 1 rings (SSSR count). The normalized spacial score (nSPS) is 21.4. The summed E-state index contributed by atoms with van der Waals surface area (Å²) >= 11 is 0. The van der Waals surface area contributed by atoms with Crippen LogP contribution in [0.2, 0.25) is 0 Å². The van der Waals surface area contributed by atoms with Gasteiger partial charge in [-0.05, 0) is 70.6 Å². The molecule has 1 aliphatic carbocycles. The monoisotopic (exact) mass is 995 g/mol. The average molecular weight is 995 g/mol. The second-order valence-corrected chi connectivity index (χ2v) is 19.8. The van der Waals surface area contributed by atoms with Crippen LogP contribution in [0.4, 0.5) is 0 Å². The van der Waals surface area contributed by atoms with Crippen LogP contribution in [0.1, 0.15) is 206 Å². The van der Waals surface area contributed by atoms with Gasteiger partial charge in [0.15, 0.2) is 6.10 Å². The van der Waals surface area contributed by atoms with Crippen molar-refractivity contribution in [2.45, 2.75) is 249 Å². The summed E-state index contributed by atoms with van der Waals surface area (Å²) in [7, 11) is -5.15. The lowest BCUT2D eigenvalue weighted by molar-refractivity contribution is -0.220. The highest BCUT2D eigenvalue weighted by Gasteiger charge is 2.51. The Labute approximate surface area is 416 Å². The van der Waals surface area contributed by atoms with E-state index in [0.717, 1.165) is 44.9 Å². The SMILES string of the molecule is CC/C=C/C/C=C/C/C=C/C/C=C/C/C=C/CCCC(=O)O[C@@H](COC(=O)CCC/C=C/CCCCCCCCCCCCCCCCCCCC)COP(=O)(O)OC1C(O)C(O)C(O)[C@H](O)C1O. The molecule has 14 heteroatoms. The van der Waals surface area contributed by atoms with Crippen LogP contribution in [0.25, 0.3) is 0 Å². The van der Waals surface area contributed by atoms with E-state index < -0.39 is 75.7 Å². The van der Waals surface area contributed by atoms with Gasteiger partial charge in [-0.25, -0.2) is 4.57 Å². The third-order valence-corrected chi connectivity index (χ3v) is 13.0. The highest BCUT2D eigenvalue weighted by Crippen LogP contribution is 2.47. The number of rotatable bonds is 44. The van der Waals surface area contributed by atoms with E-state index in [0.29, 0.717) is 25.7 Å². The first-order chi connectivity index (χ1) is 33.4. The van der Waals surface area contributed by atoms with E-state index in [2.05, 4.69) is 74.6 Å². The van der Waals surface area contributed by atoms with Gasteiger partial charge in [-0.3, -0.25) is 18.6 Å². The maximum atomic E-state index is 12.9. The first kappa shape index (κ1) is 64.3. The molecule has 8 atom stereocenters. The molecule has 1 fully saturated rings. The molecule has 0 radical (unpaired) electrons. The molecule has 13 nitrogen and oxygen atoms in total. The molecule has 0 spiro atoms. The third kappa shape index (κ3) is 36.0. The molecule has 0 heterocycles. The molecule has 0 aromatic rings. The van der Waals surface area contributed by atoms with Crippen molar-refractivity contribution >= 4 is 19.8 Å². The third-order valence-electron chi connectivity index (χ3n) is 12.0. The van der Waals surface area contributed by atoms with Crippen molar-refractivity contribution in [2.24, 2.45) is 0 Å². The maximum Gasteiger partial charge on any atom is 0.472 e. The summed E-state index contributed by atoms with van der Waals surface area (Å²) in [5.41, 5.74) is 0. The van der Waals surface area contributed by atoms with Crippen molar-refractivity contribution in [1.82, 2.24) is 0 Å². The van der Waals surface area contributed by atoms with Gasteiger partial charge in [-0.1, -0.05) is 196 Å². The molecule has 6 N–H and O–H groups in total. The zero-order valence-corrected chi connectivity index (χ0v) is 43.5. The molecule has 0 aliphatic heterocycles. The van der Waals surface area contributed by atoms with E-state index in [1.807, 2.05) is 12.2 Å². The van der Waals surface area contributed by atoms with Crippen LogP contribution in [-0.2, 0) is 32.7 Å². The average Bonchev–Trinajstić information content (AvgIpc) is 3.33. The Bertz CT molecular complexity index is 1480. The molecule has 69 heavy (non-hydrogen) atoms. The van der Waals surface area contributed by atoms with Crippen LogP contribution in [0.5, 0.6) is 0 Å². The zero-order valence-electron chi connectivity index (χ0n) is 42.6. The topological polar surface area (TPSA) is 210 Å². The lowest BCUT2D eigenvalue weighted by Crippen LogP contribution is -2.64. The number of carbonyl (C=O) groups is 2. The van der Waals surface area contributed by atoms with Crippen LogP contribution in [-0.4, -0.2) is 98.3 Å². The highest BCUT2D eigenvalue weighted by atomic mass is 31.2. The second kappa shape index (κ2) is 44.0. The maximum absolute atomic E-state index is 12.9. The Hall–Kier alpha value is -2.71. The van der Waals surface area contributed by atoms with Crippen LogP contribution in [0.15, 0.2) is 72.9 Å². The molecule has 0 aromatic heterocycles. The summed E-state index contributed by atoms with van der Waals surface area (Å²) in [6, 6.07) is 0. The lowest BCUT2D eigenvalue weighted by Gasteiger charge is -2.41. The number of aliphatic hydroxyl groups excluding tert-OH is 5. The van der Waals surface area contributed by atoms with Crippen LogP contribution >= 0.6 is 7.82 Å². The van der Waals surface area contributed by atoms with Gasteiger partial charge in [0.25, 0.3) is 0 Å². The number of hydrogen-bond donors (Lipinski definition) is 6. The van der Waals surface area contributed by atoms with Crippen molar-refractivity contribution in [2.75, 3.05) is 13.2 Å². The quantitative estimate of drug-likeness (QED) is 0.0145. The largest absolute Gasteiger partial charge is 0.472 e. The van der Waals surface area contributed by atoms with Crippen LogP contribution in [0, 0.1) is 0 Å². The summed E-state index contributed by atoms with van der Waals surface area (Å²) in [6.45, 7) is 3.14. The molecular formula is C55H95O13P. The predicted octanol–water partition coefficient (Wildman–Crippen LogP) is 11.8. The van der Waals surface area contributed by atoms with Crippen LogP contribution < -0.4 is 0 Å². The van der Waals surface area contributed by atoms with Gasteiger partial charge in [-0.2, -0.15) is 0 Å². The second-order valence-electron chi connectivity index (χ2n) is 18.3. The van der Waals surface area contributed by atoms with Gasteiger partial charge >= 0.3 is 19.8 Å². The summed E-state index contributed by atoms with van der Waals surface area (Å²) in [5.74, 6) is -1.20. The summed E-state index contributed by atoms with van der Waals surface area (Å²) in [6.07, 6.45) is 44.1. The number of aliphatic hydroxyl groups is 5. The molecule has 398 valence electrons. The number of phosphoric acid groups is 1. The molecular weight excluding hydrogens is 900 g/mol. The predicted molar refractivity (Wildman–Crippen MR) is 276 cm³/mol. The Morgan fingerprint density at radius 3 is 1.28 bits per heavy atom. The summed E-state index contributed by atoms with van der Waals surface area (Å²) < 4.78 is 33.5. The molecule has 0 aromatic carbocycles. The van der Waals surface area contributed by atoms with Gasteiger partial charge < -0.3 is 39.9 Å². The highest BCUT2D eigenvalue weighted by molar-refractivity contribution is 7.47. The number of phosphoric ester groups is 1. The molecule has 1 aliphatic rings. The van der Waals surface area contributed by atoms with Crippen molar-refractivity contribution in [3.8, 4) is 0 Å². The Kier molecular flexibility index (Phi) is 41.0. The first-order valence-corrected chi connectivity index (χ1v) is 28.2. The molecule has 0 saturated heterocycles. The summed E-state index contributed by atoms with van der Waals surface area (Å²) in [4.78, 5) is 35.8. The molecule has 0 amide bonds. The van der Waals surface area contributed by atoms with Crippen molar-refractivity contribution in [3.05, 3.63) is 72.9 Å². The van der Waals surface area contributed by atoms with E-state index in [9.17, 15) is 44.6 Å². The van der Waals surface area contributed by atoms with Gasteiger partial charge in [0.05, 0.1) is 6.61 Å². The van der Waals surface area contributed by atoms with Gasteiger partial charge in [0.2, 0.25) is 0 Å². The Morgan fingerprint density at radius 2 is 0.826 bits per heavy atom. The summed E-state index contributed by atoms with van der Waals surface area (Å²) in [5, 5.41) is 50.3. The minimum Gasteiger partial charge on any atom is -0.462 e. The van der Waals surface area contributed by atoms with Crippen molar-refractivity contribution in [1.29, 1.82) is 0 Å². The van der Waals surface area contributed by atoms with E-state index in [1.54, 1.807) is 0 Å². The Morgan fingerprint density at radius 1 is 0.464 bits per heavy atom. The van der Waals surface area contributed by atoms with E-state index in [1.165, 1.54) is 109 Å². The Balaban J connectivity index is 2.41. The number of ether oxygens (including phenoxy) is 2. The van der Waals surface area contributed by atoms with Crippen molar-refractivity contribution < 1.29 is 63.1 Å². The standard InChI is InChI=1S/C55H95O13P/c1-3-5-7-9-11-13-15-17-19-21-22-23-24-25-26-28-29-31-33-35-37-39-41-43-48(56)65-45-47(46-66-69(63,64)68-55-53(61)51(59)50(58)52(60)54(55)62)67-49(57)44-42-40-38-36-34-32-30-27-20-18-16-14-12-10-8-6-4-2/h6,8,12,14,18,20,30,32,35-38,47,50-55,58-62H,3-5,7,9-11,13,15-17,19,21-29,31,33-34,39-46H2,1-2H3,(H,63,64)/b8-6+,14-12+,20-18+,32-30+,37-35+,38-36+/t47-,50?,51-,52?,53?,54?,55?/m0/s1. The number of hydrogen-bond acceptors (Lipinski definition) is 12. The minimum absolute atomic E-state index is 0.0104. The minimum atomic E-state index is -5.15. The number of allylic oxidation sites excluding steroid dienone is 12. The van der Waals surface area contributed by atoms with E-state index in [-0.39, 0.29) is 12.8 Å². The smallest absolute Gasteiger partial charge is 0.462 e. The van der Waals surface area contributed by atoms with Gasteiger partial charge in [0, 0.05) is 12.8 Å². The van der Waals surface area contributed by atoms with E-state index in [4.69, 9.17) is 18.5 Å². The number of esters is 2. The number of unbranched alkanes of at least 4 members (excludes halogenated alkanes) is 20. The fourth-order valence-corrected chi connectivity index (χ4v) is 8.77. The zero-order chi connectivity index (χ0) is 50.6. The van der Waals surface area contributed by atoms with Crippen molar-refractivity contribution in [3.63, 3.8) is 0 Å². The molecule has 6 unspecified atom stereocenters. The number of carbonyl (C=O) groups excluding carboxylic acids is 2. The fourth-order valence-electron chi connectivity index (χ4n) is 7.80. The van der Waals surface area contributed by atoms with Gasteiger partial charge in [0.1, 0.15) is 43.2 Å². The van der Waals surface area contributed by atoms with Gasteiger partial charge in [-0.15, -0.1) is 0 Å². The molecule has 0 bridgehead atoms. The first-order valence-electron chi connectivity index (χ1n) is 26.7.